The fraction of sp³-hybridized carbons (Fsp3) is 0.350. The Kier molecular flexibility index (Phi) is 4.94. The van der Waals surface area contributed by atoms with E-state index in [0.29, 0.717) is 18.0 Å². The maximum absolute atomic E-state index is 13.4. The zero-order valence-electron chi connectivity index (χ0n) is 14.7. The molecule has 27 heavy (non-hydrogen) atoms. The van der Waals surface area contributed by atoms with Crippen LogP contribution in [0.3, 0.4) is 0 Å². The molecule has 0 unspecified atom stereocenters. The van der Waals surface area contributed by atoms with Crippen LogP contribution in [0.1, 0.15) is 34.8 Å². The lowest BCUT2D eigenvalue weighted by Gasteiger charge is -2.28. The van der Waals surface area contributed by atoms with Crippen LogP contribution < -0.4 is 14.8 Å². The lowest BCUT2D eigenvalue weighted by atomic mass is 10.0. The average Bonchev–Trinajstić information content (AvgIpc) is 3.35. The second kappa shape index (κ2) is 7.52. The minimum Gasteiger partial charge on any atom is -0.454 e. The van der Waals surface area contributed by atoms with Gasteiger partial charge in [-0.15, -0.1) is 0 Å². The Hall–Kier alpha value is -2.67. The van der Waals surface area contributed by atoms with E-state index < -0.39 is 17.5 Å². The molecule has 0 aromatic heterocycles. The van der Waals surface area contributed by atoms with Crippen LogP contribution in [-0.2, 0) is 0 Å². The SMILES string of the molecule is O=C(NC[C@H](c1ccc2c(c1)OCO2)N1CCCC1)c1ccc(F)c(F)c1. The lowest BCUT2D eigenvalue weighted by molar-refractivity contribution is 0.0937. The molecule has 5 nitrogen and oxygen atoms in total. The first-order valence-electron chi connectivity index (χ1n) is 8.98. The van der Waals surface area contributed by atoms with E-state index in [4.69, 9.17) is 9.47 Å². The Morgan fingerprint density at radius 3 is 2.59 bits per heavy atom. The summed E-state index contributed by atoms with van der Waals surface area (Å²) in [5.41, 5.74) is 1.12. The first-order valence-corrected chi connectivity index (χ1v) is 8.98. The van der Waals surface area contributed by atoms with Gasteiger partial charge < -0.3 is 14.8 Å². The molecule has 2 aromatic carbocycles. The van der Waals surface area contributed by atoms with Gasteiger partial charge in [0.25, 0.3) is 5.91 Å². The van der Waals surface area contributed by atoms with Gasteiger partial charge in [-0.3, -0.25) is 9.69 Å². The van der Waals surface area contributed by atoms with Crippen LogP contribution in [0.5, 0.6) is 11.5 Å². The van der Waals surface area contributed by atoms with E-state index in [-0.39, 0.29) is 18.4 Å². The summed E-state index contributed by atoms with van der Waals surface area (Å²) in [4.78, 5) is 14.7. The molecule has 0 spiro atoms. The summed E-state index contributed by atoms with van der Waals surface area (Å²) in [6.07, 6.45) is 2.22. The first kappa shape index (κ1) is 17.7. The van der Waals surface area contributed by atoms with Gasteiger partial charge in [0, 0.05) is 12.1 Å². The highest BCUT2D eigenvalue weighted by Gasteiger charge is 2.26. The molecule has 1 N–H and O–H groups in total. The van der Waals surface area contributed by atoms with Crippen molar-refractivity contribution in [3.8, 4) is 11.5 Å². The van der Waals surface area contributed by atoms with Crippen molar-refractivity contribution >= 4 is 5.91 Å². The zero-order chi connectivity index (χ0) is 18.8. The molecule has 1 atom stereocenters. The Morgan fingerprint density at radius 1 is 1.04 bits per heavy atom. The molecular weight excluding hydrogens is 354 g/mol. The minimum atomic E-state index is -1.03. The number of benzene rings is 2. The number of halogens is 2. The van der Waals surface area contributed by atoms with Crippen LogP contribution >= 0.6 is 0 Å². The van der Waals surface area contributed by atoms with E-state index in [1.807, 2.05) is 18.2 Å². The van der Waals surface area contributed by atoms with Crippen molar-refractivity contribution < 1.29 is 23.0 Å². The van der Waals surface area contributed by atoms with Crippen molar-refractivity contribution in [2.45, 2.75) is 18.9 Å². The van der Waals surface area contributed by atoms with Crippen molar-refractivity contribution in [1.82, 2.24) is 10.2 Å². The highest BCUT2D eigenvalue weighted by molar-refractivity contribution is 5.94. The van der Waals surface area contributed by atoms with Crippen LogP contribution in [0.25, 0.3) is 0 Å². The summed E-state index contributed by atoms with van der Waals surface area (Å²) in [7, 11) is 0. The summed E-state index contributed by atoms with van der Waals surface area (Å²) in [6.45, 7) is 2.46. The fourth-order valence-corrected chi connectivity index (χ4v) is 3.56. The molecule has 1 fully saturated rings. The molecule has 1 saturated heterocycles. The third-order valence-corrected chi connectivity index (χ3v) is 5.00. The Labute approximate surface area is 155 Å². The van der Waals surface area contributed by atoms with E-state index >= 15 is 0 Å². The van der Waals surface area contributed by atoms with Gasteiger partial charge in [-0.1, -0.05) is 6.07 Å². The van der Waals surface area contributed by atoms with Crippen molar-refractivity contribution in [3.05, 3.63) is 59.2 Å². The van der Waals surface area contributed by atoms with E-state index in [1.165, 1.54) is 6.07 Å². The maximum Gasteiger partial charge on any atom is 0.251 e. The topological polar surface area (TPSA) is 50.8 Å². The normalized spacial score (nSPS) is 17.1. The zero-order valence-corrected chi connectivity index (χ0v) is 14.7. The molecular formula is C20H20F2N2O3. The fourth-order valence-electron chi connectivity index (χ4n) is 3.56. The number of likely N-dealkylation sites (tertiary alicyclic amines) is 1. The number of nitrogens with one attached hydrogen (secondary N) is 1. The van der Waals surface area contributed by atoms with Gasteiger partial charge in [0.2, 0.25) is 6.79 Å². The Balaban J connectivity index is 1.51. The van der Waals surface area contributed by atoms with Crippen molar-refractivity contribution in [1.29, 1.82) is 0 Å². The number of fused-ring (bicyclic) bond motifs is 1. The molecule has 4 rings (SSSR count). The molecule has 0 bridgehead atoms. The minimum absolute atomic E-state index is 0.0313. The van der Waals surface area contributed by atoms with Gasteiger partial charge >= 0.3 is 0 Å². The van der Waals surface area contributed by atoms with Gasteiger partial charge in [0.15, 0.2) is 23.1 Å². The number of carbonyl (C=O) groups excluding carboxylic acids is 1. The third-order valence-electron chi connectivity index (χ3n) is 5.00. The highest BCUT2D eigenvalue weighted by atomic mass is 19.2. The van der Waals surface area contributed by atoms with Gasteiger partial charge in [-0.05, 0) is 61.8 Å². The molecule has 142 valence electrons. The first-order chi connectivity index (χ1) is 13.1. The summed E-state index contributed by atoms with van der Waals surface area (Å²) in [6, 6.07) is 8.90. The molecule has 1 amide bonds. The van der Waals surface area contributed by atoms with E-state index in [9.17, 15) is 13.6 Å². The number of nitrogens with zero attached hydrogens (tertiary/aromatic N) is 1. The van der Waals surface area contributed by atoms with Crippen LogP contribution in [0.4, 0.5) is 8.78 Å². The predicted octanol–water partition coefficient (Wildman–Crippen LogP) is 3.26. The van der Waals surface area contributed by atoms with Crippen LogP contribution in [0.15, 0.2) is 36.4 Å². The smallest absolute Gasteiger partial charge is 0.251 e. The summed E-state index contributed by atoms with van der Waals surface area (Å²) in [5.74, 6) is -1.02. The second-order valence-electron chi connectivity index (χ2n) is 6.71. The summed E-state index contributed by atoms with van der Waals surface area (Å²) < 4.78 is 37.3. The van der Waals surface area contributed by atoms with E-state index in [1.54, 1.807) is 0 Å². The number of hydrogen-bond donors (Lipinski definition) is 1. The van der Waals surface area contributed by atoms with Crippen molar-refractivity contribution in [2.24, 2.45) is 0 Å². The van der Waals surface area contributed by atoms with Crippen LogP contribution in [0, 0.1) is 11.6 Å². The lowest BCUT2D eigenvalue weighted by Crippen LogP contribution is -2.36. The van der Waals surface area contributed by atoms with E-state index in [2.05, 4.69) is 10.2 Å². The Bertz CT molecular complexity index is 853. The molecule has 2 heterocycles. The molecule has 0 radical (unpaired) electrons. The standard InChI is InChI=1S/C20H20F2N2O3/c21-15-5-3-14(9-16(15)22)20(25)23-11-17(24-7-1-2-8-24)13-4-6-18-19(10-13)27-12-26-18/h3-6,9-10,17H,1-2,7-8,11-12H2,(H,23,25)/t17-/m1/s1. The van der Waals surface area contributed by atoms with Gasteiger partial charge in [0.05, 0.1) is 6.04 Å². The number of rotatable bonds is 5. The second-order valence-corrected chi connectivity index (χ2v) is 6.71. The Morgan fingerprint density at radius 2 is 1.81 bits per heavy atom. The van der Waals surface area contributed by atoms with Gasteiger partial charge in [-0.25, -0.2) is 8.78 Å². The average molecular weight is 374 g/mol. The predicted molar refractivity (Wildman–Crippen MR) is 94.8 cm³/mol. The molecule has 0 saturated carbocycles. The monoisotopic (exact) mass is 374 g/mol. The summed E-state index contributed by atoms with van der Waals surface area (Å²) in [5, 5.41) is 2.85. The van der Waals surface area contributed by atoms with Gasteiger partial charge in [0.1, 0.15) is 0 Å². The van der Waals surface area contributed by atoms with Crippen molar-refractivity contribution in [2.75, 3.05) is 26.4 Å². The number of amides is 1. The molecule has 2 aliphatic heterocycles. The van der Waals surface area contributed by atoms with Crippen LogP contribution in [0.2, 0.25) is 0 Å². The number of hydrogen-bond acceptors (Lipinski definition) is 4. The maximum atomic E-state index is 13.4. The van der Waals surface area contributed by atoms with Crippen LogP contribution in [-0.4, -0.2) is 37.2 Å². The quantitative estimate of drug-likeness (QED) is 0.873. The molecule has 2 aliphatic rings. The van der Waals surface area contributed by atoms with E-state index in [0.717, 1.165) is 43.6 Å². The number of ether oxygens (including phenoxy) is 2. The third kappa shape index (κ3) is 3.73. The molecule has 0 aliphatic carbocycles. The molecule has 7 heteroatoms. The summed E-state index contributed by atoms with van der Waals surface area (Å²) >= 11 is 0. The highest BCUT2D eigenvalue weighted by Crippen LogP contribution is 2.36. The molecule has 2 aromatic rings. The number of carbonyl (C=O) groups is 1. The van der Waals surface area contributed by atoms with Crippen molar-refractivity contribution in [3.63, 3.8) is 0 Å². The van der Waals surface area contributed by atoms with Gasteiger partial charge in [-0.2, -0.15) is 0 Å². The largest absolute Gasteiger partial charge is 0.454 e.